The van der Waals surface area contributed by atoms with Gasteiger partial charge in [-0.3, -0.25) is 0 Å². The van der Waals surface area contributed by atoms with Gasteiger partial charge in [0.2, 0.25) is 0 Å². The van der Waals surface area contributed by atoms with Crippen molar-refractivity contribution in [3.05, 3.63) is 18.3 Å². The van der Waals surface area contributed by atoms with Crippen LogP contribution in [0.2, 0.25) is 0 Å². The monoisotopic (exact) mass is 166 g/mol. The molecule has 0 atom stereocenters. The van der Waals surface area contributed by atoms with Crippen molar-refractivity contribution in [1.82, 2.24) is 4.98 Å². The normalized spacial score (nSPS) is 16.3. The largest absolute Gasteiger partial charge is 0.372 e. The van der Waals surface area contributed by atoms with Gasteiger partial charge in [0.25, 0.3) is 0 Å². The maximum atomic E-state index is 4.29. The summed E-state index contributed by atoms with van der Waals surface area (Å²) in [6.07, 6.45) is 1.85. The van der Waals surface area contributed by atoms with Crippen LogP contribution in [0.3, 0.4) is 0 Å². The molecule has 0 N–H and O–H groups in total. The van der Waals surface area contributed by atoms with Gasteiger partial charge in [-0.05, 0) is 12.1 Å². The summed E-state index contributed by atoms with van der Waals surface area (Å²) >= 11 is 1.84. The fraction of sp³-hybridized carbons (Fsp3) is 0.375. The van der Waals surface area contributed by atoms with Gasteiger partial charge in [0.05, 0.1) is 5.69 Å². The Morgan fingerprint density at radius 1 is 1.64 bits per heavy atom. The standard InChI is InChI=1S/C8H10N2S/c1-10-5-6-11-8-7(10)3-2-4-9-8/h2-4H,5-6H2,1H3. The van der Waals surface area contributed by atoms with E-state index in [2.05, 4.69) is 23.0 Å². The molecule has 1 aromatic rings. The molecule has 58 valence electrons. The molecule has 0 amide bonds. The van der Waals surface area contributed by atoms with Gasteiger partial charge in [0, 0.05) is 25.5 Å². The fourth-order valence-electron chi connectivity index (χ4n) is 1.18. The summed E-state index contributed by atoms with van der Waals surface area (Å²) in [6, 6.07) is 4.11. The van der Waals surface area contributed by atoms with Crippen LogP contribution in [0.1, 0.15) is 0 Å². The SMILES string of the molecule is CN1CCSc2ncccc21. The van der Waals surface area contributed by atoms with Crippen molar-refractivity contribution in [3.8, 4) is 0 Å². The molecule has 2 nitrogen and oxygen atoms in total. The maximum Gasteiger partial charge on any atom is 0.119 e. The Bertz CT molecular complexity index is 262. The highest BCUT2D eigenvalue weighted by Gasteiger charge is 2.13. The topological polar surface area (TPSA) is 16.1 Å². The highest BCUT2D eigenvalue weighted by molar-refractivity contribution is 7.99. The Kier molecular flexibility index (Phi) is 1.74. The van der Waals surface area contributed by atoms with Crippen LogP contribution in [0, 0.1) is 0 Å². The fourth-order valence-corrected chi connectivity index (χ4v) is 2.25. The lowest BCUT2D eigenvalue weighted by Crippen LogP contribution is -2.24. The second-order valence-electron chi connectivity index (χ2n) is 2.60. The summed E-state index contributed by atoms with van der Waals surface area (Å²) in [4.78, 5) is 6.54. The van der Waals surface area contributed by atoms with Crippen molar-refractivity contribution in [1.29, 1.82) is 0 Å². The zero-order chi connectivity index (χ0) is 7.68. The molecule has 0 unspecified atom stereocenters. The van der Waals surface area contributed by atoms with E-state index in [0.29, 0.717) is 0 Å². The minimum Gasteiger partial charge on any atom is -0.372 e. The lowest BCUT2D eigenvalue weighted by Gasteiger charge is -2.25. The maximum absolute atomic E-state index is 4.29. The highest BCUT2D eigenvalue weighted by Crippen LogP contribution is 2.30. The Balaban J connectivity index is 2.44. The first-order chi connectivity index (χ1) is 5.38. The predicted molar refractivity (Wildman–Crippen MR) is 48.2 cm³/mol. The minimum absolute atomic E-state index is 1.13. The van der Waals surface area contributed by atoms with Crippen molar-refractivity contribution < 1.29 is 0 Å². The van der Waals surface area contributed by atoms with E-state index in [0.717, 1.165) is 12.3 Å². The van der Waals surface area contributed by atoms with Crippen molar-refractivity contribution in [3.63, 3.8) is 0 Å². The summed E-state index contributed by atoms with van der Waals surface area (Å²) in [7, 11) is 2.11. The summed E-state index contributed by atoms with van der Waals surface area (Å²) in [5.74, 6) is 1.15. The summed E-state index contributed by atoms with van der Waals surface area (Å²) in [6.45, 7) is 1.13. The van der Waals surface area contributed by atoms with Crippen molar-refractivity contribution in [2.45, 2.75) is 5.03 Å². The van der Waals surface area contributed by atoms with E-state index in [1.807, 2.05) is 24.0 Å². The number of hydrogen-bond donors (Lipinski definition) is 0. The number of rotatable bonds is 0. The van der Waals surface area contributed by atoms with Gasteiger partial charge < -0.3 is 4.90 Å². The number of fused-ring (bicyclic) bond motifs is 1. The van der Waals surface area contributed by atoms with Crippen LogP contribution in [0.4, 0.5) is 5.69 Å². The zero-order valence-corrected chi connectivity index (χ0v) is 7.27. The molecule has 0 spiro atoms. The van der Waals surface area contributed by atoms with Gasteiger partial charge in [0.1, 0.15) is 5.03 Å². The van der Waals surface area contributed by atoms with E-state index in [4.69, 9.17) is 0 Å². The van der Waals surface area contributed by atoms with Crippen LogP contribution in [-0.4, -0.2) is 24.3 Å². The Morgan fingerprint density at radius 3 is 3.36 bits per heavy atom. The second-order valence-corrected chi connectivity index (χ2v) is 3.68. The molecule has 0 fully saturated rings. The smallest absolute Gasteiger partial charge is 0.119 e. The number of nitrogens with zero attached hydrogens (tertiary/aromatic N) is 2. The Labute approximate surface area is 70.6 Å². The molecule has 0 saturated carbocycles. The lowest BCUT2D eigenvalue weighted by atomic mass is 10.4. The van der Waals surface area contributed by atoms with Crippen LogP contribution in [0.15, 0.2) is 23.4 Å². The molecule has 1 aliphatic heterocycles. The number of hydrogen-bond acceptors (Lipinski definition) is 3. The molecular weight excluding hydrogens is 156 g/mol. The molecule has 1 aliphatic rings. The molecule has 3 heteroatoms. The molecular formula is C8H10N2S. The summed E-state index contributed by atoms with van der Waals surface area (Å²) < 4.78 is 0. The van der Waals surface area contributed by atoms with Crippen LogP contribution >= 0.6 is 11.8 Å². The number of thioether (sulfide) groups is 1. The average Bonchev–Trinajstić information content (AvgIpc) is 2.06. The van der Waals surface area contributed by atoms with Gasteiger partial charge in [0.15, 0.2) is 0 Å². The number of aromatic nitrogens is 1. The van der Waals surface area contributed by atoms with E-state index in [9.17, 15) is 0 Å². The molecule has 11 heavy (non-hydrogen) atoms. The predicted octanol–water partition coefficient (Wildman–Crippen LogP) is 1.62. The van der Waals surface area contributed by atoms with Crippen molar-refractivity contribution in [2.75, 3.05) is 24.2 Å². The van der Waals surface area contributed by atoms with Gasteiger partial charge in [-0.25, -0.2) is 4.98 Å². The first-order valence-corrected chi connectivity index (χ1v) is 4.65. The molecule has 0 saturated heterocycles. The first kappa shape index (κ1) is 6.98. The van der Waals surface area contributed by atoms with Gasteiger partial charge in [-0.1, -0.05) is 0 Å². The van der Waals surface area contributed by atoms with Gasteiger partial charge >= 0.3 is 0 Å². The van der Waals surface area contributed by atoms with E-state index >= 15 is 0 Å². The summed E-state index contributed by atoms with van der Waals surface area (Å²) in [5, 5.41) is 1.17. The van der Waals surface area contributed by atoms with Crippen LogP contribution in [0.25, 0.3) is 0 Å². The zero-order valence-electron chi connectivity index (χ0n) is 6.45. The molecule has 0 bridgehead atoms. The molecule has 1 aromatic heterocycles. The van der Waals surface area contributed by atoms with E-state index in [1.165, 1.54) is 10.7 Å². The Hall–Kier alpha value is -0.700. The third-order valence-corrected chi connectivity index (χ3v) is 2.80. The van der Waals surface area contributed by atoms with E-state index in [-0.39, 0.29) is 0 Å². The molecule has 2 heterocycles. The molecule has 0 radical (unpaired) electrons. The van der Waals surface area contributed by atoms with Crippen LogP contribution < -0.4 is 4.90 Å². The minimum atomic E-state index is 1.13. The third kappa shape index (κ3) is 1.20. The molecule has 0 aliphatic carbocycles. The van der Waals surface area contributed by atoms with E-state index < -0.39 is 0 Å². The highest BCUT2D eigenvalue weighted by atomic mass is 32.2. The Morgan fingerprint density at radius 2 is 2.55 bits per heavy atom. The lowest BCUT2D eigenvalue weighted by molar-refractivity contribution is 0.914. The quantitative estimate of drug-likeness (QED) is 0.582. The molecule has 2 rings (SSSR count). The van der Waals surface area contributed by atoms with Gasteiger partial charge in [-0.15, -0.1) is 11.8 Å². The van der Waals surface area contributed by atoms with Gasteiger partial charge in [-0.2, -0.15) is 0 Å². The van der Waals surface area contributed by atoms with Crippen molar-refractivity contribution >= 4 is 17.4 Å². The number of anilines is 1. The van der Waals surface area contributed by atoms with Crippen LogP contribution in [-0.2, 0) is 0 Å². The van der Waals surface area contributed by atoms with Crippen molar-refractivity contribution in [2.24, 2.45) is 0 Å². The second kappa shape index (κ2) is 2.74. The first-order valence-electron chi connectivity index (χ1n) is 3.67. The van der Waals surface area contributed by atoms with Crippen LogP contribution in [0.5, 0.6) is 0 Å². The van der Waals surface area contributed by atoms with E-state index in [1.54, 1.807) is 0 Å². The number of pyridine rings is 1. The third-order valence-electron chi connectivity index (χ3n) is 1.83. The summed E-state index contributed by atoms with van der Waals surface area (Å²) in [5.41, 5.74) is 1.27. The molecule has 0 aromatic carbocycles. The average molecular weight is 166 g/mol.